The van der Waals surface area contributed by atoms with Gasteiger partial charge >= 0.3 is 5.97 Å². The van der Waals surface area contributed by atoms with Crippen molar-refractivity contribution in [2.24, 2.45) is 0 Å². The highest BCUT2D eigenvalue weighted by Crippen LogP contribution is 2.20. The molecule has 0 aliphatic heterocycles. The maximum absolute atomic E-state index is 11.8. The van der Waals surface area contributed by atoms with Gasteiger partial charge in [-0.25, -0.2) is 4.79 Å². The van der Waals surface area contributed by atoms with Gasteiger partial charge < -0.3 is 14.2 Å². The molecule has 0 heterocycles. The van der Waals surface area contributed by atoms with Crippen molar-refractivity contribution in [2.45, 2.75) is 45.6 Å². The summed E-state index contributed by atoms with van der Waals surface area (Å²) in [5.74, 6) is 0.322. The van der Waals surface area contributed by atoms with E-state index in [0.29, 0.717) is 12.4 Å². The van der Waals surface area contributed by atoms with Crippen molar-refractivity contribution in [3.8, 4) is 5.75 Å². The highest BCUT2D eigenvalue weighted by atomic mass is 16.6. The average molecular weight is 294 g/mol. The quantitative estimate of drug-likeness (QED) is 0.517. The Kier molecular flexibility index (Phi) is 7.23. The number of aryl methyl sites for hydroxylation is 1. The molecular weight excluding hydrogens is 268 g/mol. The van der Waals surface area contributed by atoms with Crippen LogP contribution in [-0.2, 0) is 20.7 Å². The second-order valence-electron chi connectivity index (χ2n) is 5.43. The Bertz CT molecular complexity index is 423. The van der Waals surface area contributed by atoms with Crippen molar-refractivity contribution in [3.63, 3.8) is 0 Å². The van der Waals surface area contributed by atoms with Crippen LogP contribution >= 0.6 is 0 Å². The third-order valence-corrected chi connectivity index (χ3v) is 3.13. The van der Waals surface area contributed by atoms with Gasteiger partial charge in [-0.05, 0) is 57.7 Å². The molecular formula is C17H26O4. The van der Waals surface area contributed by atoms with E-state index in [1.807, 2.05) is 24.3 Å². The first-order chi connectivity index (χ1) is 9.99. The number of methoxy groups -OCH3 is 1. The third kappa shape index (κ3) is 6.17. The molecule has 0 saturated heterocycles. The fourth-order valence-electron chi connectivity index (χ4n) is 1.94. The van der Waals surface area contributed by atoms with E-state index in [2.05, 4.69) is 0 Å². The van der Waals surface area contributed by atoms with Crippen LogP contribution in [0.5, 0.6) is 5.75 Å². The molecule has 21 heavy (non-hydrogen) atoms. The first-order valence-electron chi connectivity index (χ1n) is 7.43. The van der Waals surface area contributed by atoms with E-state index in [0.717, 1.165) is 25.9 Å². The zero-order valence-corrected chi connectivity index (χ0v) is 13.5. The van der Waals surface area contributed by atoms with Crippen LogP contribution in [0.2, 0.25) is 0 Å². The number of carbonyl (C=O) groups excluding carboxylic acids is 1. The number of hydrogen-bond acceptors (Lipinski definition) is 4. The standard InChI is InChI=1S/C17H26O4/c1-5-20-16(18)17(2,3)21-15-11-9-14(10-12-15)8-6-7-13-19-4/h9-12H,5-8,13H2,1-4H3. The van der Waals surface area contributed by atoms with Crippen molar-refractivity contribution < 1.29 is 19.0 Å². The Labute approximate surface area is 127 Å². The molecule has 0 aromatic heterocycles. The van der Waals surface area contributed by atoms with Gasteiger partial charge in [-0.3, -0.25) is 0 Å². The summed E-state index contributed by atoms with van der Waals surface area (Å²) in [6.45, 7) is 6.36. The molecule has 0 radical (unpaired) electrons. The van der Waals surface area contributed by atoms with Gasteiger partial charge in [0.15, 0.2) is 5.60 Å². The molecule has 0 spiro atoms. The van der Waals surface area contributed by atoms with Crippen LogP contribution in [0.25, 0.3) is 0 Å². The van der Waals surface area contributed by atoms with Crippen molar-refractivity contribution in [3.05, 3.63) is 29.8 Å². The van der Waals surface area contributed by atoms with Gasteiger partial charge in [0.25, 0.3) is 0 Å². The lowest BCUT2D eigenvalue weighted by atomic mass is 10.1. The topological polar surface area (TPSA) is 44.8 Å². The Morgan fingerprint density at radius 2 is 1.81 bits per heavy atom. The van der Waals surface area contributed by atoms with E-state index in [4.69, 9.17) is 14.2 Å². The maximum Gasteiger partial charge on any atom is 0.349 e. The van der Waals surface area contributed by atoms with Crippen LogP contribution in [0.1, 0.15) is 39.2 Å². The molecule has 0 fully saturated rings. The Hall–Kier alpha value is -1.55. The van der Waals surface area contributed by atoms with Gasteiger partial charge in [-0.2, -0.15) is 0 Å². The molecule has 0 N–H and O–H groups in total. The molecule has 1 aromatic rings. The summed E-state index contributed by atoms with van der Waals surface area (Å²) in [6, 6.07) is 7.85. The fraction of sp³-hybridized carbons (Fsp3) is 0.588. The fourth-order valence-corrected chi connectivity index (χ4v) is 1.94. The smallest absolute Gasteiger partial charge is 0.349 e. The zero-order valence-electron chi connectivity index (χ0n) is 13.5. The van der Waals surface area contributed by atoms with E-state index in [1.54, 1.807) is 27.9 Å². The van der Waals surface area contributed by atoms with Crippen molar-refractivity contribution in [1.82, 2.24) is 0 Å². The largest absolute Gasteiger partial charge is 0.476 e. The van der Waals surface area contributed by atoms with Crippen LogP contribution < -0.4 is 4.74 Å². The van der Waals surface area contributed by atoms with Crippen LogP contribution in [0.4, 0.5) is 0 Å². The van der Waals surface area contributed by atoms with Gasteiger partial charge in [0, 0.05) is 13.7 Å². The van der Waals surface area contributed by atoms with Gasteiger partial charge in [0.1, 0.15) is 5.75 Å². The minimum absolute atomic E-state index is 0.353. The summed E-state index contributed by atoms with van der Waals surface area (Å²) < 4.78 is 15.8. The summed E-state index contributed by atoms with van der Waals surface area (Å²) >= 11 is 0. The summed E-state index contributed by atoms with van der Waals surface area (Å²) in [5, 5.41) is 0. The van der Waals surface area contributed by atoms with Crippen molar-refractivity contribution in [1.29, 1.82) is 0 Å². The molecule has 0 aliphatic carbocycles. The summed E-state index contributed by atoms with van der Waals surface area (Å²) in [5.41, 5.74) is 0.281. The molecule has 118 valence electrons. The number of rotatable bonds is 9. The SMILES string of the molecule is CCOC(=O)C(C)(C)Oc1ccc(CCCCOC)cc1. The number of ether oxygens (including phenoxy) is 3. The highest BCUT2D eigenvalue weighted by Gasteiger charge is 2.31. The normalized spacial score (nSPS) is 11.2. The van der Waals surface area contributed by atoms with Gasteiger partial charge in [0.2, 0.25) is 0 Å². The lowest BCUT2D eigenvalue weighted by Gasteiger charge is -2.24. The molecule has 4 nitrogen and oxygen atoms in total. The number of esters is 1. The molecule has 0 atom stereocenters. The van der Waals surface area contributed by atoms with Crippen LogP contribution in [-0.4, -0.2) is 31.9 Å². The van der Waals surface area contributed by atoms with Crippen LogP contribution in [0.15, 0.2) is 24.3 Å². The molecule has 0 bridgehead atoms. The highest BCUT2D eigenvalue weighted by molar-refractivity contribution is 5.79. The predicted molar refractivity (Wildman–Crippen MR) is 82.6 cm³/mol. The molecule has 1 aromatic carbocycles. The van der Waals surface area contributed by atoms with Crippen molar-refractivity contribution in [2.75, 3.05) is 20.3 Å². The maximum atomic E-state index is 11.8. The first-order valence-corrected chi connectivity index (χ1v) is 7.43. The molecule has 1 rings (SSSR count). The minimum Gasteiger partial charge on any atom is -0.476 e. The van der Waals surface area contributed by atoms with Crippen LogP contribution in [0, 0.1) is 0 Å². The van der Waals surface area contributed by atoms with E-state index >= 15 is 0 Å². The summed E-state index contributed by atoms with van der Waals surface area (Å²) in [6.07, 6.45) is 3.18. The van der Waals surface area contributed by atoms with E-state index in [1.165, 1.54) is 5.56 Å². The predicted octanol–water partition coefficient (Wildman–Crippen LogP) is 3.38. The van der Waals surface area contributed by atoms with E-state index in [-0.39, 0.29) is 5.97 Å². The number of hydrogen-bond donors (Lipinski definition) is 0. The average Bonchev–Trinajstić information content (AvgIpc) is 2.45. The molecule has 4 heteroatoms. The number of benzene rings is 1. The lowest BCUT2D eigenvalue weighted by molar-refractivity contribution is -0.158. The molecule has 0 saturated carbocycles. The van der Waals surface area contributed by atoms with Crippen molar-refractivity contribution >= 4 is 5.97 Å². The summed E-state index contributed by atoms with van der Waals surface area (Å²) in [4.78, 5) is 11.8. The monoisotopic (exact) mass is 294 g/mol. The Balaban J connectivity index is 2.52. The second-order valence-corrected chi connectivity index (χ2v) is 5.43. The Morgan fingerprint density at radius 3 is 2.38 bits per heavy atom. The number of carbonyl (C=O) groups is 1. The molecule has 0 unspecified atom stereocenters. The second kappa shape index (κ2) is 8.67. The first kappa shape index (κ1) is 17.5. The lowest BCUT2D eigenvalue weighted by Crippen LogP contribution is -2.39. The van der Waals surface area contributed by atoms with Gasteiger partial charge in [-0.1, -0.05) is 12.1 Å². The number of unbranched alkanes of at least 4 members (excludes halogenated alkanes) is 1. The Morgan fingerprint density at radius 1 is 1.14 bits per heavy atom. The molecule has 0 aliphatic rings. The molecule has 0 amide bonds. The van der Waals surface area contributed by atoms with E-state index in [9.17, 15) is 4.79 Å². The van der Waals surface area contributed by atoms with Gasteiger partial charge in [-0.15, -0.1) is 0 Å². The minimum atomic E-state index is -0.976. The summed E-state index contributed by atoms with van der Waals surface area (Å²) in [7, 11) is 1.72. The van der Waals surface area contributed by atoms with Gasteiger partial charge in [0.05, 0.1) is 6.61 Å². The van der Waals surface area contributed by atoms with E-state index < -0.39 is 5.60 Å². The van der Waals surface area contributed by atoms with Crippen LogP contribution in [0.3, 0.4) is 0 Å². The third-order valence-electron chi connectivity index (χ3n) is 3.13. The zero-order chi connectivity index (χ0) is 15.7.